The van der Waals surface area contributed by atoms with Gasteiger partial charge in [-0.05, 0) is 38.8 Å². The van der Waals surface area contributed by atoms with Crippen molar-refractivity contribution in [3.05, 3.63) is 40.5 Å². The molecule has 2 aromatic rings. The number of carbonyl (C=O) groups is 1. The number of thiazole rings is 1. The topological polar surface area (TPSA) is 55.3 Å². The van der Waals surface area contributed by atoms with E-state index in [-0.39, 0.29) is 12.1 Å². The normalized spacial score (nSPS) is 18.2. The molecule has 1 fully saturated rings. The van der Waals surface area contributed by atoms with Gasteiger partial charge < -0.3 is 9.64 Å². The first-order valence-corrected chi connectivity index (χ1v) is 8.83. The van der Waals surface area contributed by atoms with Crippen molar-refractivity contribution in [2.75, 3.05) is 18.0 Å². The summed E-state index contributed by atoms with van der Waals surface area (Å²) < 4.78 is 5.35. The number of pyridine rings is 1. The van der Waals surface area contributed by atoms with Gasteiger partial charge in [0.15, 0.2) is 0 Å². The largest absolute Gasteiger partial charge is 0.459 e. The van der Waals surface area contributed by atoms with Crippen LogP contribution in [-0.4, -0.2) is 35.1 Å². The molecule has 1 unspecified atom stereocenters. The van der Waals surface area contributed by atoms with Crippen LogP contribution >= 0.6 is 11.3 Å². The van der Waals surface area contributed by atoms with E-state index in [1.807, 2.05) is 25.4 Å². The van der Waals surface area contributed by atoms with E-state index in [4.69, 9.17) is 4.74 Å². The van der Waals surface area contributed by atoms with Crippen molar-refractivity contribution in [3.8, 4) is 0 Å². The summed E-state index contributed by atoms with van der Waals surface area (Å²) in [6.45, 7) is 5.45. The summed E-state index contributed by atoms with van der Waals surface area (Å²) in [7, 11) is 0. The van der Waals surface area contributed by atoms with Crippen LogP contribution in [0.2, 0.25) is 0 Å². The van der Waals surface area contributed by atoms with E-state index in [0.717, 1.165) is 36.8 Å². The first-order chi connectivity index (χ1) is 11.1. The maximum atomic E-state index is 12.3. The van der Waals surface area contributed by atoms with E-state index in [1.165, 1.54) is 0 Å². The number of hydrogen-bond donors (Lipinski definition) is 0. The summed E-state index contributed by atoms with van der Waals surface area (Å²) >= 11 is 1.70. The molecule has 0 radical (unpaired) electrons. The summed E-state index contributed by atoms with van der Waals surface area (Å²) in [5.74, 6) is 0.818. The van der Waals surface area contributed by atoms with Gasteiger partial charge in [-0.15, -0.1) is 11.3 Å². The molecule has 3 heterocycles. The molecule has 0 bridgehead atoms. The minimum atomic E-state index is -0.306. The summed E-state index contributed by atoms with van der Waals surface area (Å²) in [6.07, 6.45) is 5.64. The number of esters is 1. The lowest BCUT2D eigenvalue weighted by molar-refractivity contribution is 0.0378. The fourth-order valence-electron chi connectivity index (χ4n) is 2.89. The number of carbonyl (C=O) groups excluding carboxylic acids is 1. The Balaban J connectivity index is 1.82. The van der Waals surface area contributed by atoms with Crippen LogP contribution in [0, 0.1) is 0 Å². The van der Waals surface area contributed by atoms with Crippen molar-refractivity contribution >= 4 is 23.1 Å². The number of piperidine rings is 1. The number of aromatic nitrogens is 2. The summed E-state index contributed by atoms with van der Waals surface area (Å²) in [4.78, 5) is 23.4. The number of hydrogen-bond acceptors (Lipinski definition) is 6. The third kappa shape index (κ3) is 3.69. The fourth-order valence-corrected chi connectivity index (χ4v) is 3.66. The summed E-state index contributed by atoms with van der Waals surface area (Å²) in [5, 5.41) is 3.18. The summed E-state index contributed by atoms with van der Waals surface area (Å²) in [5.41, 5.74) is 0.543. The Morgan fingerprint density at radius 3 is 3.00 bits per heavy atom. The molecule has 2 aromatic heterocycles. The van der Waals surface area contributed by atoms with E-state index >= 15 is 0 Å². The van der Waals surface area contributed by atoms with Crippen LogP contribution in [0.15, 0.2) is 29.9 Å². The Bertz CT molecular complexity index is 658. The van der Waals surface area contributed by atoms with E-state index in [0.29, 0.717) is 11.5 Å². The Hall–Kier alpha value is -1.95. The molecule has 1 aliphatic heterocycles. The third-order valence-electron chi connectivity index (χ3n) is 3.87. The van der Waals surface area contributed by atoms with Crippen molar-refractivity contribution in [2.24, 2.45) is 0 Å². The third-order valence-corrected chi connectivity index (χ3v) is 4.81. The highest BCUT2D eigenvalue weighted by Gasteiger charge is 2.27. The maximum Gasteiger partial charge on any atom is 0.342 e. The zero-order chi connectivity index (χ0) is 16.2. The Labute approximate surface area is 140 Å². The van der Waals surface area contributed by atoms with E-state index in [9.17, 15) is 4.79 Å². The Morgan fingerprint density at radius 2 is 2.26 bits per heavy atom. The average molecular weight is 331 g/mol. The standard InChI is InChI=1S/C17H21N3O2S/c1-12(2)22-17(21)14-6-3-7-18-15(14)20-9-4-5-13(11-20)16-19-8-10-23-16/h3,6-8,10,12-13H,4-5,9,11H2,1-2H3. The van der Waals surface area contributed by atoms with Gasteiger partial charge >= 0.3 is 5.97 Å². The lowest BCUT2D eigenvalue weighted by atomic mass is 9.98. The highest BCUT2D eigenvalue weighted by Crippen LogP contribution is 2.31. The Morgan fingerprint density at radius 1 is 1.39 bits per heavy atom. The highest BCUT2D eigenvalue weighted by atomic mass is 32.1. The zero-order valence-electron chi connectivity index (χ0n) is 13.4. The molecule has 0 aromatic carbocycles. The van der Waals surface area contributed by atoms with Gasteiger partial charge in [-0.3, -0.25) is 0 Å². The van der Waals surface area contributed by atoms with Crippen molar-refractivity contribution in [1.29, 1.82) is 0 Å². The van der Waals surface area contributed by atoms with Crippen molar-refractivity contribution in [2.45, 2.75) is 38.7 Å². The Kier molecular flexibility index (Phi) is 4.91. The van der Waals surface area contributed by atoms with Gasteiger partial charge in [0.1, 0.15) is 11.4 Å². The lowest BCUT2D eigenvalue weighted by Crippen LogP contribution is -2.36. The lowest BCUT2D eigenvalue weighted by Gasteiger charge is -2.33. The molecule has 6 heteroatoms. The molecule has 1 aliphatic rings. The number of ether oxygens (including phenoxy) is 1. The second-order valence-electron chi connectivity index (χ2n) is 5.98. The number of nitrogens with zero attached hydrogens (tertiary/aromatic N) is 3. The van der Waals surface area contributed by atoms with Gasteiger partial charge in [0.05, 0.1) is 11.1 Å². The SMILES string of the molecule is CC(C)OC(=O)c1cccnc1N1CCCC(c2nccs2)C1. The van der Waals surface area contributed by atoms with E-state index < -0.39 is 0 Å². The number of anilines is 1. The fraction of sp³-hybridized carbons (Fsp3) is 0.471. The monoisotopic (exact) mass is 331 g/mol. The first-order valence-electron chi connectivity index (χ1n) is 7.95. The molecule has 1 saturated heterocycles. The molecular formula is C17H21N3O2S. The first kappa shape index (κ1) is 15.9. The van der Waals surface area contributed by atoms with Gasteiger partial charge in [0.2, 0.25) is 0 Å². The van der Waals surface area contributed by atoms with Crippen molar-refractivity contribution in [1.82, 2.24) is 9.97 Å². The molecule has 0 saturated carbocycles. The molecule has 1 atom stereocenters. The van der Waals surface area contributed by atoms with E-state index in [2.05, 4.69) is 14.9 Å². The molecule has 0 N–H and O–H groups in total. The van der Waals surface area contributed by atoms with Crippen molar-refractivity contribution < 1.29 is 9.53 Å². The van der Waals surface area contributed by atoms with Crippen LogP contribution in [0.3, 0.4) is 0 Å². The minimum Gasteiger partial charge on any atom is -0.459 e. The number of rotatable bonds is 4. The molecule has 0 spiro atoms. The van der Waals surface area contributed by atoms with Crippen LogP contribution in [-0.2, 0) is 4.74 Å². The molecule has 0 amide bonds. The van der Waals surface area contributed by atoms with Crippen LogP contribution in [0.4, 0.5) is 5.82 Å². The average Bonchev–Trinajstić information content (AvgIpc) is 3.09. The van der Waals surface area contributed by atoms with Crippen molar-refractivity contribution in [3.63, 3.8) is 0 Å². The zero-order valence-corrected chi connectivity index (χ0v) is 14.3. The molecule has 23 heavy (non-hydrogen) atoms. The van der Waals surface area contributed by atoms with Crippen LogP contribution in [0.25, 0.3) is 0 Å². The highest BCUT2D eigenvalue weighted by molar-refractivity contribution is 7.09. The van der Waals surface area contributed by atoms with Gasteiger partial charge in [-0.1, -0.05) is 0 Å². The molecular weight excluding hydrogens is 310 g/mol. The maximum absolute atomic E-state index is 12.3. The molecule has 122 valence electrons. The van der Waals surface area contributed by atoms with Gasteiger partial charge in [0, 0.05) is 36.8 Å². The van der Waals surface area contributed by atoms with Gasteiger partial charge in [0.25, 0.3) is 0 Å². The molecule has 3 rings (SSSR count). The van der Waals surface area contributed by atoms with Gasteiger partial charge in [-0.2, -0.15) is 0 Å². The van der Waals surface area contributed by atoms with Crippen LogP contribution in [0.5, 0.6) is 0 Å². The summed E-state index contributed by atoms with van der Waals surface area (Å²) in [6, 6.07) is 3.57. The predicted octanol–water partition coefficient (Wildman–Crippen LogP) is 3.49. The molecule has 5 nitrogen and oxygen atoms in total. The van der Waals surface area contributed by atoms with Gasteiger partial charge in [-0.25, -0.2) is 14.8 Å². The minimum absolute atomic E-state index is 0.139. The quantitative estimate of drug-likeness (QED) is 0.803. The second-order valence-corrected chi connectivity index (χ2v) is 6.91. The molecule has 0 aliphatic carbocycles. The smallest absolute Gasteiger partial charge is 0.342 e. The van der Waals surface area contributed by atoms with E-state index in [1.54, 1.807) is 29.7 Å². The second kappa shape index (κ2) is 7.08. The van der Waals surface area contributed by atoms with Crippen LogP contribution in [0.1, 0.15) is 48.0 Å². The predicted molar refractivity (Wildman–Crippen MR) is 91.1 cm³/mol. The van der Waals surface area contributed by atoms with Crippen LogP contribution < -0.4 is 4.90 Å².